The first-order valence-electron chi connectivity index (χ1n) is 6.21. The summed E-state index contributed by atoms with van der Waals surface area (Å²) >= 11 is 5.80. The standard InChI is InChI=1S/C15H10ClF3N2/c1-8-5-6-10(18)15(13(8)19)21-11-4-2-3-9(17)14(11)20-12(21)7-16/h2-6H,7H2,1H3. The van der Waals surface area contributed by atoms with Crippen LogP contribution in [-0.2, 0) is 5.88 Å². The number of nitrogens with zero attached hydrogens (tertiary/aromatic N) is 2. The smallest absolute Gasteiger partial charge is 0.153 e. The van der Waals surface area contributed by atoms with Gasteiger partial charge in [-0.3, -0.25) is 4.57 Å². The predicted octanol–water partition coefficient (Wildman–Crippen LogP) is 4.49. The second-order valence-electron chi connectivity index (χ2n) is 4.63. The van der Waals surface area contributed by atoms with Crippen LogP contribution in [0.1, 0.15) is 11.4 Å². The summed E-state index contributed by atoms with van der Waals surface area (Å²) in [5.41, 5.74) is 0.298. The van der Waals surface area contributed by atoms with E-state index in [1.165, 1.54) is 29.7 Å². The van der Waals surface area contributed by atoms with E-state index >= 15 is 0 Å². The molecule has 108 valence electrons. The van der Waals surface area contributed by atoms with Crippen LogP contribution in [0.3, 0.4) is 0 Å². The van der Waals surface area contributed by atoms with Crippen molar-refractivity contribution in [3.8, 4) is 5.69 Å². The van der Waals surface area contributed by atoms with Crippen LogP contribution in [0.4, 0.5) is 13.2 Å². The normalized spacial score (nSPS) is 11.3. The number of hydrogen-bond donors (Lipinski definition) is 0. The molecule has 0 atom stereocenters. The topological polar surface area (TPSA) is 17.8 Å². The van der Waals surface area contributed by atoms with E-state index in [1.807, 2.05) is 0 Å². The van der Waals surface area contributed by atoms with E-state index in [2.05, 4.69) is 4.98 Å². The van der Waals surface area contributed by atoms with Crippen molar-refractivity contribution in [2.24, 2.45) is 0 Å². The van der Waals surface area contributed by atoms with E-state index in [1.54, 1.807) is 6.07 Å². The van der Waals surface area contributed by atoms with E-state index in [0.717, 1.165) is 6.07 Å². The predicted molar refractivity (Wildman–Crippen MR) is 75.2 cm³/mol. The lowest BCUT2D eigenvalue weighted by Crippen LogP contribution is -2.06. The Bertz CT molecular complexity index is 843. The molecule has 0 saturated heterocycles. The summed E-state index contributed by atoms with van der Waals surface area (Å²) in [6.07, 6.45) is 0. The zero-order valence-electron chi connectivity index (χ0n) is 11.0. The third kappa shape index (κ3) is 2.08. The minimum Gasteiger partial charge on any atom is -0.290 e. The Morgan fingerprint density at radius 2 is 1.86 bits per heavy atom. The van der Waals surface area contributed by atoms with E-state index in [4.69, 9.17) is 11.6 Å². The number of rotatable bonds is 2. The maximum absolute atomic E-state index is 14.3. The third-order valence-electron chi connectivity index (χ3n) is 3.31. The molecule has 21 heavy (non-hydrogen) atoms. The molecule has 0 fully saturated rings. The summed E-state index contributed by atoms with van der Waals surface area (Å²) in [4.78, 5) is 4.04. The molecule has 0 aliphatic rings. The Kier molecular flexibility index (Phi) is 3.37. The third-order valence-corrected chi connectivity index (χ3v) is 3.55. The first-order chi connectivity index (χ1) is 10.0. The maximum atomic E-state index is 14.3. The molecule has 0 aliphatic heterocycles. The molecule has 0 unspecified atom stereocenters. The molecule has 1 heterocycles. The monoisotopic (exact) mass is 310 g/mol. The molecule has 0 N–H and O–H groups in total. The van der Waals surface area contributed by atoms with Gasteiger partial charge in [-0.15, -0.1) is 11.6 Å². The largest absolute Gasteiger partial charge is 0.290 e. The number of alkyl halides is 1. The molecule has 0 saturated carbocycles. The molecule has 3 rings (SSSR count). The van der Waals surface area contributed by atoms with Crippen molar-refractivity contribution in [3.05, 3.63) is 59.2 Å². The SMILES string of the molecule is Cc1ccc(F)c(-n2c(CCl)nc3c(F)cccc32)c1F. The van der Waals surface area contributed by atoms with Crippen molar-refractivity contribution in [1.82, 2.24) is 9.55 Å². The molecule has 0 bridgehead atoms. The minimum absolute atomic E-state index is 0.0356. The number of benzene rings is 2. The van der Waals surface area contributed by atoms with E-state index in [-0.39, 0.29) is 34.0 Å². The average molecular weight is 311 g/mol. The Balaban J connectivity index is 2.45. The molecule has 6 heteroatoms. The zero-order valence-corrected chi connectivity index (χ0v) is 11.8. The van der Waals surface area contributed by atoms with Crippen LogP contribution < -0.4 is 0 Å². The van der Waals surface area contributed by atoms with E-state index in [9.17, 15) is 13.2 Å². The van der Waals surface area contributed by atoms with Crippen LogP contribution in [0.15, 0.2) is 30.3 Å². The fourth-order valence-electron chi connectivity index (χ4n) is 2.30. The lowest BCUT2D eigenvalue weighted by molar-refractivity contribution is 0.563. The van der Waals surface area contributed by atoms with Crippen molar-refractivity contribution in [2.45, 2.75) is 12.8 Å². The molecule has 3 aromatic rings. The van der Waals surface area contributed by atoms with Gasteiger partial charge in [-0.2, -0.15) is 0 Å². The lowest BCUT2D eigenvalue weighted by atomic mass is 10.2. The van der Waals surface area contributed by atoms with E-state index in [0.29, 0.717) is 0 Å². The lowest BCUT2D eigenvalue weighted by Gasteiger charge is -2.11. The molecule has 0 aliphatic carbocycles. The van der Waals surface area contributed by atoms with Crippen molar-refractivity contribution < 1.29 is 13.2 Å². The number of halogens is 4. The zero-order chi connectivity index (χ0) is 15.1. The number of para-hydroxylation sites is 1. The highest BCUT2D eigenvalue weighted by molar-refractivity contribution is 6.17. The summed E-state index contributed by atoms with van der Waals surface area (Å²) < 4.78 is 43.5. The van der Waals surface area contributed by atoms with Gasteiger partial charge in [-0.1, -0.05) is 12.1 Å². The minimum atomic E-state index is -0.756. The molecule has 0 amide bonds. The average Bonchev–Trinajstić information content (AvgIpc) is 2.84. The first kappa shape index (κ1) is 13.9. The molecule has 0 radical (unpaired) electrons. The van der Waals surface area contributed by atoms with Crippen LogP contribution in [0.25, 0.3) is 16.7 Å². The summed E-state index contributed by atoms with van der Waals surface area (Å²) in [6.45, 7) is 1.53. The molecule has 0 spiro atoms. The van der Waals surface area contributed by atoms with Crippen LogP contribution >= 0.6 is 11.6 Å². The number of aryl methyl sites for hydroxylation is 1. The maximum Gasteiger partial charge on any atom is 0.153 e. The van der Waals surface area contributed by atoms with Crippen LogP contribution in [0, 0.1) is 24.4 Å². The van der Waals surface area contributed by atoms with Gasteiger partial charge < -0.3 is 0 Å². The van der Waals surface area contributed by atoms with Gasteiger partial charge in [0.15, 0.2) is 11.6 Å². The van der Waals surface area contributed by atoms with Gasteiger partial charge in [0.25, 0.3) is 0 Å². The summed E-state index contributed by atoms with van der Waals surface area (Å²) in [6, 6.07) is 6.74. The highest BCUT2D eigenvalue weighted by atomic mass is 35.5. The van der Waals surface area contributed by atoms with Crippen molar-refractivity contribution in [1.29, 1.82) is 0 Å². The molecule has 1 aromatic heterocycles. The molecular formula is C15H10ClF3N2. The Morgan fingerprint density at radius 3 is 2.57 bits per heavy atom. The fraction of sp³-hybridized carbons (Fsp3) is 0.133. The summed E-state index contributed by atoms with van der Waals surface area (Å²) in [7, 11) is 0. The highest BCUT2D eigenvalue weighted by Gasteiger charge is 2.21. The van der Waals surface area contributed by atoms with Crippen molar-refractivity contribution in [3.63, 3.8) is 0 Å². The van der Waals surface area contributed by atoms with Crippen molar-refractivity contribution in [2.75, 3.05) is 0 Å². The molecule has 2 nitrogen and oxygen atoms in total. The summed E-state index contributed by atoms with van der Waals surface area (Å²) in [5, 5.41) is 0. The van der Waals surface area contributed by atoms with Gasteiger partial charge in [0.1, 0.15) is 22.8 Å². The van der Waals surface area contributed by atoms with Gasteiger partial charge >= 0.3 is 0 Å². The fourth-order valence-corrected chi connectivity index (χ4v) is 2.48. The second kappa shape index (κ2) is 5.07. The van der Waals surface area contributed by atoms with Crippen LogP contribution in [0.2, 0.25) is 0 Å². The van der Waals surface area contributed by atoms with Gasteiger partial charge in [0.05, 0.1) is 11.4 Å². The highest BCUT2D eigenvalue weighted by Crippen LogP contribution is 2.28. The summed E-state index contributed by atoms with van der Waals surface area (Å²) in [5.74, 6) is -1.95. The van der Waals surface area contributed by atoms with Crippen molar-refractivity contribution >= 4 is 22.6 Å². The Hall–Kier alpha value is -2.01. The second-order valence-corrected chi connectivity index (χ2v) is 4.90. The van der Waals surface area contributed by atoms with Gasteiger partial charge in [-0.05, 0) is 30.7 Å². The van der Waals surface area contributed by atoms with Gasteiger partial charge in [0.2, 0.25) is 0 Å². The van der Waals surface area contributed by atoms with Crippen LogP contribution in [0.5, 0.6) is 0 Å². The Morgan fingerprint density at radius 1 is 1.10 bits per heavy atom. The van der Waals surface area contributed by atoms with E-state index < -0.39 is 17.5 Å². The first-order valence-corrected chi connectivity index (χ1v) is 6.75. The van der Waals surface area contributed by atoms with Crippen LogP contribution in [-0.4, -0.2) is 9.55 Å². The molecular weight excluding hydrogens is 301 g/mol. The number of imidazole rings is 1. The van der Waals surface area contributed by atoms with Gasteiger partial charge in [-0.25, -0.2) is 18.2 Å². The number of aromatic nitrogens is 2. The molecule has 2 aromatic carbocycles. The van der Waals surface area contributed by atoms with Gasteiger partial charge in [0, 0.05) is 0 Å². The number of fused-ring (bicyclic) bond motifs is 1. The number of hydrogen-bond acceptors (Lipinski definition) is 1. The Labute approximate surface area is 123 Å². The quantitative estimate of drug-likeness (QED) is 0.638.